The van der Waals surface area contributed by atoms with Crippen LogP contribution in [0.5, 0.6) is 0 Å². The summed E-state index contributed by atoms with van der Waals surface area (Å²) in [6.07, 6.45) is 0.0122. The van der Waals surface area contributed by atoms with Gasteiger partial charge in [0.2, 0.25) is 0 Å². The van der Waals surface area contributed by atoms with E-state index in [-0.39, 0.29) is 6.17 Å². The van der Waals surface area contributed by atoms with Gasteiger partial charge in [-0.25, -0.2) is 0 Å². The standard InChI is InChI=1S/C46H31N3O/c1-47-40-17-9-10-18-41(40)48(32-13-3-2-4-14-32)46(47)31-19-23-33(24-20-31)49-42-34-15-7-5-11-29(34)21-25-36(42)37-27-28-39-38-26-22-30-12-6-8-16-35(30)44(38)50-45(39)43(37)49/h2-28,46H,1H3. The Morgan fingerprint density at radius 2 is 1.00 bits per heavy atom. The van der Waals surface area contributed by atoms with Crippen LogP contribution >= 0.6 is 0 Å². The molecule has 4 heteroatoms. The number of para-hydroxylation sites is 3. The Kier molecular flexibility index (Phi) is 5.62. The van der Waals surface area contributed by atoms with Crippen molar-refractivity contribution in [3.05, 3.63) is 169 Å². The van der Waals surface area contributed by atoms with Gasteiger partial charge in [-0.05, 0) is 64.9 Å². The second-order valence-electron chi connectivity index (χ2n) is 13.4. The van der Waals surface area contributed by atoms with Gasteiger partial charge in [0.05, 0.1) is 22.4 Å². The highest BCUT2D eigenvalue weighted by molar-refractivity contribution is 6.26. The largest absolute Gasteiger partial charge is 0.453 e. The molecule has 4 nitrogen and oxygen atoms in total. The lowest BCUT2D eigenvalue weighted by Crippen LogP contribution is -2.30. The van der Waals surface area contributed by atoms with Crippen molar-refractivity contribution < 1.29 is 4.42 Å². The first-order valence-electron chi connectivity index (χ1n) is 17.2. The van der Waals surface area contributed by atoms with E-state index >= 15 is 0 Å². The number of nitrogens with zero attached hydrogens (tertiary/aromatic N) is 3. The molecule has 11 rings (SSSR count). The number of hydrogen-bond donors (Lipinski definition) is 0. The third-order valence-electron chi connectivity index (χ3n) is 10.8. The number of fused-ring (bicyclic) bond motifs is 12. The first-order chi connectivity index (χ1) is 24.7. The topological polar surface area (TPSA) is 24.6 Å². The van der Waals surface area contributed by atoms with E-state index in [4.69, 9.17) is 4.42 Å². The van der Waals surface area contributed by atoms with E-state index in [0.29, 0.717) is 0 Å². The summed E-state index contributed by atoms with van der Waals surface area (Å²) < 4.78 is 9.40. The minimum absolute atomic E-state index is 0.0122. The van der Waals surface area contributed by atoms with Crippen molar-refractivity contribution in [1.82, 2.24) is 4.57 Å². The molecule has 10 aromatic rings. The Morgan fingerprint density at radius 1 is 0.420 bits per heavy atom. The second-order valence-corrected chi connectivity index (χ2v) is 13.4. The first-order valence-corrected chi connectivity index (χ1v) is 17.2. The van der Waals surface area contributed by atoms with Crippen LogP contribution in [0.4, 0.5) is 17.1 Å². The molecule has 0 fully saturated rings. The SMILES string of the molecule is CN1c2ccccc2N(c2ccccc2)C1c1ccc(-n2c3c4ccccc4ccc3c3ccc4c5ccc6ccccc6c5oc4c32)cc1. The zero-order valence-corrected chi connectivity index (χ0v) is 27.4. The molecule has 0 saturated heterocycles. The lowest BCUT2D eigenvalue weighted by Gasteiger charge is -2.31. The van der Waals surface area contributed by atoms with E-state index in [1.807, 2.05) is 0 Å². The minimum atomic E-state index is 0.0122. The lowest BCUT2D eigenvalue weighted by atomic mass is 10.0. The molecule has 0 bridgehead atoms. The fourth-order valence-corrected chi connectivity index (χ4v) is 8.52. The van der Waals surface area contributed by atoms with Crippen LogP contribution in [0.3, 0.4) is 0 Å². The molecule has 1 atom stereocenters. The van der Waals surface area contributed by atoms with Gasteiger partial charge in [0.1, 0.15) is 11.7 Å². The molecule has 8 aromatic carbocycles. The molecule has 1 aliphatic rings. The maximum absolute atomic E-state index is 6.97. The quantitative estimate of drug-likeness (QED) is 0.192. The average molecular weight is 642 g/mol. The molecule has 1 aliphatic heterocycles. The summed E-state index contributed by atoms with van der Waals surface area (Å²) >= 11 is 0. The smallest absolute Gasteiger partial charge is 0.160 e. The van der Waals surface area contributed by atoms with Gasteiger partial charge in [-0.2, -0.15) is 0 Å². The zero-order chi connectivity index (χ0) is 32.9. The Labute approximate surface area is 288 Å². The van der Waals surface area contributed by atoms with Gasteiger partial charge in [-0.15, -0.1) is 0 Å². The van der Waals surface area contributed by atoms with Gasteiger partial charge < -0.3 is 18.8 Å². The van der Waals surface area contributed by atoms with Crippen LogP contribution in [-0.4, -0.2) is 11.6 Å². The Balaban J connectivity index is 1.17. The van der Waals surface area contributed by atoms with E-state index < -0.39 is 0 Å². The highest BCUT2D eigenvalue weighted by Crippen LogP contribution is 2.50. The Bertz CT molecular complexity index is 2960. The summed E-state index contributed by atoms with van der Waals surface area (Å²) in [6.45, 7) is 0. The van der Waals surface area contributed by atoms with E-state index in [9.17, 15) is 0 Å². The van der Waals surface area contributed by atoms with E-state index in [2.05, 4.69) is 185 Å². The summed E-state index contributed by atoms with van der Waals surface area (Å²) in [5.41, 5.74) is 10.1. The molecule has 3 heterocycles. The Hall–Kier alpha value is -6.52. The summed E-state index contributed by atoms with van der Waals surface area (Å²) in [6, 6.07) is 59.2. The van der Waals surface area contributed by atoms with Gasteiger partial charge in [0.15, 0.2) is 5.58 Å². The molecule has 0 aliphatic carbocycles. The fraction of sp³-hybridized carbons (Fsp3) is 0.0435. The minimum Gasteiger partial charge on any atom is -0.453 e. The number of rotatable bonds is 3. The molecule has 2 aromatic heterocycles. The third kappa shape index (κ3) is 3.70. The monoisotopic (exact) mass is 641 g/mol. The summed E-state index contributed by atoms with van der Waals surface area (Å²) in [5, 5.41) is 9.44. The number of benzene rings is 8. The van der Waals surface area contributed by atoms with E-state index in [1.165, 1.54) is 55.1 Å². The maximum atomic E-state index is 6.97. The fourth-order valence-electron chi connectivity index (χ4n) is 8.52. The van der Waals surface area contributed by atoms with Crippen molar-refractivity contribution in [2.24, 2.45) is 0 Å². The molecule has 0 amide bonds. The first kappa shape index (κ1) is 27.4. The summed E-state index contributed by atoms with van der Waals surface area (Å²) in [5.74, 6) is 0. The summed E-state index contributed by atoms with van der Waals surface area (Å²) in [7, 11) is 2.20. The number of aromatic nitrogens is 1. The van der Waals surface area contributed by atoms with Gasteiger partial charge in [0, 0.05) is 50.7 Å². The molecular formula is C46H31N3O. The maximum Gasteiger partial charge on any atom is 0.160 e. The van der Waals surface area contributed by atoms with Crippen molar-refractivity contribution in [2.75, 3.05) is 16.8 Å². The molecule has 0 radical (unpaired) electrons. The average Bonchev–Trinajstić information content (AvgIpc) is 3.83. The second kappa shape index (κ2) is 10.2. The highest BCUT2D eigenvalue weighted by Gasteiger charge is 2.35. The molecule has 1 unspecified atom stereocenters. The van der Waals surface area contributed by atoms with Gasteiger partial charge in [-0.1, -0.05) is 115 Å². The van der Waals surface area contributed by atoms with Crippen LogP contribution in [0.2, 0.25) is 0 Å². The van der Waals surface area contributed by atoms with Crippen LogP contribution in [0, 0.1) is 0 Å². The third-order valence-corrected chi connectivity index (χ3v) is 10.8. The Morgan fingerprint density at radius 3 is 1.80 bits per heavy atom. The highest BCUT2D eigenvalue weighted by atomic mass is 16.3. The van der Waals surface area contributed by atoms with Crippen LogP contribution in [-0.2, 0) is 0 Å². The normalized spacial score (nSPS) is 14.6. The van der Waals surface area contributed by atoms with Crippen molar-refractivity contribution in [2.45, 2.75) is 6.17 Å². The molecule has 0 saturated carbocycles. The number of anilines is 3. The molecule has 0 spiro atoms. The zero-order valence-electron chi connectivity index (χ0n) is 27.4. The van der Waals surface area contributed by atoms with Crippen molar-refractivity contribution in [1.29, 1.82) is 0 Å². The van der Waals surface area contributed by atoms with Crippen molar-refractivity contribution in [3.63, 3.8) is 0 Å². The molecule has 50 heavy (non-hydrogen) atoms. The van der Waals surface area contributed by atoms with Gasteiger partial charge in [-0.3, -0.25) is 0 Å². The van der Waals surface area contributed by atoms with Gasteiger partial charge >= 0.3 is 0 Å². The molecule has 0 N–H and O–H groups in total. The number of hydrogen-bond acceptors (Lipinski definition) is 3. The van der Waals surface area contributed by atoms with Gasteiger partial charge in [0.25, 0.3) is 0 Å². The predicted octanol–water partition coefficient (Wildman–Crippen LogP) is 12.3. The van der Waals surface area contributed by atoms with Crippen molar-refractivity contribution in [3.8, 4) is 5.69 Å². The lowest BCUT2D eigenvalue weighted by molar-refractivity contribution is 0.675. The van der Waals surface area contributed by atoms with Crippen LogP contribution in [0.1, 0.15) is 11.7 Å². The summed E-state index contributed by atoms with van der Waals surface area (Å²) in [4.78, 5) is 4.83. The van der Waals surface area contributed by atoms with E-state index in [0.717, 1.165) is 38.5 Å². The van der Waals surface area contributed by atoms with Crippen LogP contribution < -0.4 is 9.80 Å². The molecular weight excluding hydrogens is 611 g/mol. The van der Waals surface area contributed by atoms with Crippen LogP contribution in [0.25, 0.3) is 71.0 Å². The van der Waals surface area contributed by atoms with Crippen molar-refractivity contribution >= 4 is 82.4 Å². The van der Waals surface area contributed by atoms with Crippen LogP contribution in [0.15, 0.2) is 168 Å². The molecule has 236 valence electrons. The predicted molar refractivity (Wildman–Crippen MR) is 209 cm³/mol. The van der Waals surface area contributed by atoms with E-state index in [1.54, 1.807) is 0 Å². The number of furan rings is 1.